The molecule has 0 saturated carbocycles. The quantitative estimate of drug-likeness (QED) is 0.299. The van der Waals surface area contributed by atoms with Crippen LogP contribution in [0.2, 0.25) is 0 Å². The Kier molecular flexibility index (Phi) is 6.40. The topological polar surface area (TPSA) is 101 Å². The maximum Gasteiger partial charge on any atom is 0.293 e. The van der Waals surface area contributed by atoms with Gasteiger partial charge in [0.1, 0.15) is 22.2 Å². The fourth-order valence-electron chi connectivity index (χ4n) is 3.82. The van der Waals surface area contributed by atoms with E-state index >= 15 is 0 Å². The van der Waals surface area contributed by atoms with Crippen LogP contribution in [0, 0.1) is 21.7 Å². The molecule has 0 amide bonds. The van der Waals surface area contributed by atoms with Gasteiger partial charge < -0.3 is 4.90 Å². The molecular formula is C23H19F2N3O5S. The monoisotopic (exact) mass is 487 g/mol. The Balaban J connectivity index is 1.56. The van der Waals surface area contributed by atoms with E-state index in [0.29, 0.717) is 11.6 Å². The minimum Gasteiger partial charge on any atom is -0.363 e. The molecule has 176 valence electrons. The van der Waals surface area contributed by atoms with E-state index in [-0.39, 0.29) is 48.9 Å². The number of hydrogen-bond acceptors (Lipinski definition) is 6. The van der Waals surface area contributed by atoms with Gasteiger partial charge in [-0.1, -0.05) is 30.3 Å². The van der Waals surface area contributed by atoms with Gasteiger partial charge >= 0.3 is 0 Å². The van der Waals surface area contributed by atoms with E-state index in [4.69, 9.17) is 0 Å². The van der Waals surface area contributed by atoms with Crippen molar-refractivity contribution >= 4 is 27.2 Å². The maximum absolute atomic E-state index is 14.0. The van der Waals surface area contributed by atoms with Gasteiger partial charge in [-0.15, -0.1) is 0 Å². The fraction of sp³-hybridized carbons (Fsp3) is 0.174. The molecule has 1 aliphatic heterocycles. The summed E-state index contributed by atoms with van der Waals surface area (Å²) in [5.74, 6) is -2.29. The number of nitrogens with zero attached hydrogens (tertiary/aromatic N) is 3. The largest absolute Gasteiger partial charge is 0.363 e. The van der Waals surface area contributed by atoms with Gasteiger partial charge in [-0.2, -0.15) is 4.31 Å². The van der Waals surface area contributed by atoms with Gasteiger partial charge in [-0.25, -0.2) is 17.2 Å². The Hall–Kier alpha value is -3.70. The third-order valence-corrected chi connectivity index (χ3v) is 7.47. The molecule has 1 heterocycles. The number of hydrogen-bond donors (Lipinski definition) is 0. The van der Waals surface area contributed by atoms with Crippen LogP contribution in [0.4, 0.5) is 20.2 Å². The molecule has 1 saturated heterocycles. The predicted molar refractivity (Wildman–Crippen MR) is 120 cm³/mol. The molecule has 34 heavy (non-hydrogen) atoms. The van der Waals surface area contributed by atoms with E-state index < -0.39 is 31.5 Å². The summed E-state index contributed by atoms with van der Waals surface area (Å²) in [4.78, 5) is 24.7. The Bertz CT molecular complexity index is 1360. The second kappa shape index (κ2) is 9.27. The summed E-state index contributed by atoms with van der Waals surface area (Å²) in [7, 11) is -4.28. The highest BCUT2D eigenvalue weighted by atomic mass is 32.2. The normalized spacial score (nSPS) is 14.7. The molecule has 0 bridgehead atoms. The highest BCUT2D eigenvalue weighted by molar-refractivity contribution is 7.89. The van der Waals surface area contributed by atoms with Gasteiger partial charge in [0.25, 0.3) is 5.69 Å². The lowest BCUT2D eigenvalue weighted by molar-refractivity contribution is -0.384. The molecule has 0 aliphatic carbocycles. The third kappa shape index (κ3) is 4.52. The highest BCUT2D eigenvalue weighted by Gasteiger charge is 2.33. The SMILES string of the molecule is O=C(c1ccccc1)c1ccc(N2CCN(S(=O)(=O)c3cc(F)ccc3F)CC2)c([N+](=O)[O-])c1. The standard InChI is InChI=1S/C23H19F2N3O5S/c24-18-7-8-19(25)22(15-18)34(32,33)27-12-10-26(11-13-27)20-9-6-17(14-21(20)28(30)31)23(29)16-4-2-1-3-5-16/h1-9,14-15H,10-13H2. The minimum atomic E-state index is -4.28. The number of anilines is 1. The zero-order chi connectivity index (χ0) is 24.5. The molecule has 0 unspecified atom stereocenters. The molecule has 3 aromatic rings. The molecule has 0 atom stereocenters. The lowest BCUT2D eigenvalue weighted by atomic mass is 10.0. The fourth-order valence-corrected chi connectivity index (χ4v) is 5.32. The van der Waals surface area contributed by atoms with E-state index in [1.165, 1.54) is 18.2 Å². The Morgan fingerprint density at radius 3 is 2.21 bits per heavy atom. The van der Waals surface area contributed by atoms with E-state index in [2.05, 4.69) is 0 Å². The van der Waals surface area contributed by atoms with Crippen molar-refractivity contribution in [2.24, 2.45) is 0 Å². The van der Waals surface area contributed by atoms with Crippen molar-refractivity contribution in [2.45, 2.75) is 4.90 Å². The number of benzene rings is 3. The summed E-state index contributed by atoms with van der Waals surface area (Å²) in [6.07, 6.45) is 0. The van der Waals surface area contributed by atoms with Crippen LogP contribution in [-0.4, -0.2) is 49.6 Å². The van der Waals surface area contributed by atoms with Gasteiger partial charge in [-0.05, 0) is 30.3 Å². The van der Waals surface area contributed by atoms with Gasteiger partial charge in [0.15, 0.2) is 5.78 Å². The lowest BCUT2D eigenvalue weighted by Gasteiger charge is -2.35. The molecule has 1 fully saturated rings. The third-order valence-electron chi connectivity index (χ3n) is 5.56. The number of rotatable bonds is 6. The van der Waals surface area contributed by atoms with E-state index in [1.54, 1.807) is 35.2 Å². The predicted octanol–water partition coefficient (Wildman–Crippen LogP) is 3.61. The van der Waals surface area contributed by atoms with Crippen LogP contribution in [0.3, 0.4) is 0 Å². The van der Waals surface area contributed by atoms with Crippen molar-refractivity contribution in [3.63, 3.8) is 0 Å². The highest BCUT2D eigenvalue weighted by Crippen LogP contribution is 2.32. The van der Waals surface area contributed by atoms with Crippen molar-refractivity contribution in [3.8, 4) is 0 Å². The zero-order valence-electron chi connectivity index (χ0n) is 17.7. The van der Waals surface area contributed by atoms with Crippen molar-refractivity contribution in [3.05, 3.63) is 99.6 Å². The number of piperazine rings is 1. The van der Waals surface area contributed by atoms with E-state index in [0.717, 1.165) is 16.4 Å². The molecular weight excluding hydrogens is 468 g/mol. The number of sulfonamides is 1. The maximum atomic E-state index is 14.0. The second-order valence-corrected chi connectivity index (χ2v) is 9.53. The molecule has 0 N–H and O–H groups in total. The van der Waals surface area contributed by atoms with Crippen LogP contribution in [0.25, 0.3) is 0 Å². The summed E-state index contributed by atoms with van der Waals surface area (Å²) in [5, 5.41) is 11.7. The van der Waals surface area contributed by atoms with Gasteiger partial charge in [0.2, 0.25) is 10.0 Å². The van der Waals surface area contributed by atoms with Crippen molar-refractivity contribution in [1.82, 2.24) is 4.31 Å². The van der Waals surface area contributed by atoms with Gasteiger partial charge in [-0.3, -0.25) is 14.9 Å². The number of ketones is 1. The summed E-state index contributed by atoms with van der Waals surface area (Å²) in [6.45, 7) is 0.00619. The number of carbonyl (C=O) groups is 1. The van der Waals surface area contributed by atoms with Crippen molar-refractivity contribution in [1.29, 1.82) is 0 Å². The summed E-state index contributed by atoms with van der Waals surface area (Å²) in [5.41, 5.74) is 0.509. The number of carbonyl (C=O) groups excluding carboxylic acids is 1. The van der Waals surface area contributed by atoms with Crippen LogP contribution >= 0.6 is 0 Å². The van der Waals surface area contributed by atoms with Crippen LogP contribution in [-0.2, 0) is 10.0 Å². The van der Waals surface area contributed by atoms with Gasteiger partial charge in [0, 0.05) is 43.4 Å². The van der Waals surface area contributed by atoms with Crippen molar-refractivity contribution < 1.29 is 26.9 Å². The minimum absolute atomic E-state index is 0.0832. The number of halogens is 2. The number of nitro benzene ring substituents is 1. The Morgan fingerprint density at radius 1 is 0.882 bits per heavy atom. The van der Waals surface area contributed by atoms with Crippen molar-refractivity contribution in [2.75, 3.05) is 31.1 Å². The molecule has 0 radical (unpaired) electrons. The first-order valence-electron chi connectivity index (χ1n) is 10.3. The van der Waals surface area contributed by atoms with E-state index in [9.17, 15) is 32.1 Å². The summed E-state index contributed by atoms with van der Waals surface area (Å²) >= 11 is 0. The molecule has 11 heteroatoms. The average Bonchev–Trinajstić information content (AvgIpc) is 2.85. The first-order valence-corrected chi connectivity index (χ1v) is 11.7. The van der Waals surface area contributed by atoms with Crippen LogP contribution in [0.5, 0.6) is 0 Å². The molecule has 3 aromatic carbocycles. The molecule has 0 aromatic heterocycles. The second-order valence-electron chi connectivity index (χ2n) is 7.62. The average molecular weight is 487 g/mol. The molecule has 4 rings (SSSR count). The summed E-state index contributed by atoms with van der Waals surface area (Å²) in [6, 6.07) is 14.7. The molecule has 1 aliphatic rings. The first-order chi connectivity index (χ1) is 16.2. The Labute approximate surface area is 194 Å². The van der Waals surface area contributed by atoms with Crippen LogP contribution in [0.1, 0.15) is 15.9 Å². The number of nitro groups is 1. The molecule has 0 spiro atoms. The molecule has 8 nitrogen and oxygen atoms in total. The lowest BCUT2D eigenvalue weighted by Crippen LogP contribution is -2.49. The summed E-state index contributed by atoms with van der Waals surface area (Å²) < 4.78 is 54.1. The zero-order valence-corrected chi connectivity index (χ0v) is 18.5. The van der Waals surface area contributed by atoms with E-state index in [1.807, 2.05) is 0 Å². The van der Waals surface area contributed by atoms with Gasteiger partial charge in [0.05, 0.1) is 4.92 Å². The first kappa shape index (κ1) is 23.5. The van der Waals surface area contributed by atoms with Crippen LogP contribution < -0.4 is 4.90 Å². The smallest absolute Gasteiger partial charge is 0.293 e. The van der Waals surface area contributed by atoms with Crippen LogP contribution in [0.15, 0.2) is 71.6 Å². The Morgan fingerprint density at radius 2 is 1.56 bits per heavy atom.